The van der Waals surface area contributed by atoms with E-state index < -0.39 is 0 Å². The molecule has 1 atom stereocenters. The molecule has 0 saturated heterocycles. The predicted molar refractivity (Wildman–Crippen MR) is 49.7 cm³/mol. The van der Waals surface area contributed by atoms with E-state index in [0.29, 0.717) is 5.92 Å². The lowest BCUT2D eigenvalue weighted by atomic mass is 9.87. The van der Waals surface area contributed by atoms with Crippen LogP contribution in [0.1, 0.15) is 25.7 Å². The van der Waals surface area contributed by atoms with Gasteiger partial charge in [-0.3, -0.25) is 0 Å². The monoisotopic (exact) mass is 170 g/mol. The van der Waals surface area contributed by atoms with Crippen LogP contribution in [0.5, 0.6) is 0 Å². The van der Waals surface area contributed by atoms with Crippen LogP contribution < -0.4 is 0 Å². The number of nitrogens with zero attached hydrogens (tertiary/aromatic N) is 2. The first-order valence-electron chi connectivity index (χ1n) is 4.59. The Morgan fingerprint density at radius 3 is 2.83 bits per heavy atom. The molecule has 1 aliphatic rings. The Balaban J connectivity index is 2.48. The first kappa shape index (κ1) is 9.52. The molecule has 3 nitrogen and oxygen atoms in total. The van der Waals surface area contributed by atoms with Gasteiger partial charge in [-0.1, -0.05) is 11.6 Å². The van der Waals surface area contributed by atoms with Gasteiger partial charge in [-0.25, -0.2) is 0 Å². The minimum atomic E-state index is 0.485. The molecule has 0 aromatic rings. The average Bonchev–Trinajstić information content (AvgIpc) is 2.04. The highest BCUT2D eigenvalue weighted by Crippen LogP contribution is 2.21. The molecule has 0 aromatic carbocycles. The molecule has 1 rings (SSSR count). The highest BCUT2D eigenvalue weighted by Gasteiger charge is 2.21. The molecule has 70 valence electrons. The second-order valence-corrected chi connectivity index (χ2v) is 3.80. The number of hydrogen-bond acceptors (Lipinski definition) is 3. The zero-order chi connectivity index (χ0) is 8.97. The van der Waals surface area contributed by atoms with E-state index in [-0.39, 0.29) is 0 Å². The fourth-order valence-electron chi connectivity index (χ4n) is 1.84. The number of rotatable bonds is 2. The normalized spacial score (nSPS) is 28.2. The summed E-state index contributed by atoms with van der Waals surface area (Å²) in [7, 11) is 4.12. The summed E-state index contributed by atoms with van der Waals surface area (Å²) in [5.74, 6) is 0.485. The Labute approximate surface area is 74.1 Å². The Morgan fingerprint density at radius 1 is 1.50 bits per heavy atom. The van der Waals surface area contributed by atoms with Crippen molar-refractivity contribution in [3.63, 3.8) is 0 Å². The molecule has 1 N–H and O–H groups in total. The highest BCUT2D eigenvalue weighted by molar-refractivity contribution is 5.87. The summed E-state index contributed by atoms with van der Waals surface area (Å²) in [6.45, 7) is 1.01. The molecular weight excluding hydrogens is 152 g/mol. The summed E-state index contributed by atoms with van der Waals surface area (Å²) in [6, 6.07) is 0. The fraction of sp³-hybridized carbons (Fsp3) is 0.889. The first-order valence-corrected chi connectivity index (χ1v) is 4.59. The lowest BCUT2D eigenvalue weighted by molar-refractivity contribution is 0.295. The summed E-state index contributed by atoms with van der Waals surface area (Å²) in [4.78, 5) is 2.15. The van der Waals surface area contributed by atoms with Gasteiger partial charge in [-0.15, -0.1) is 0 Å². The summed E-state index contributed by atoms with van der Waals surface area (Å²) in [5, 5.41) is 12.1. The van der Waals surface area contributed by atoms with Crippen LogP contribution in [0.4, 0.5) is 0 Å². The first-order chi connectivity index (χ1) is 5.74. The third-order valence-corrected chi connectivity index (χ3v) is 2.42. The third kappa shape index (κ3) is 2.48. The van der Waals surface area contributed by atoms with E-state index in [9.17, 15) is 0 Å². The molecule has 0 aliphatic heterocycles. The van der Waals surface area contributed by atoms with Crippen molar-refractivity contribution < 1.29 is 5.21 Å². The van der Waals surface area contributed by atoms with Crippen LogP contribution in [0.3, 0.4) is 0 Å². The molecule has 12 heavy (non-hydrogen) atoms. The van der Waals surface area contributed by atoms with Crippen LogP contribution in [0.15, 0.2) is 5.16 Å². The average molecular weight is 170 g/mol. The van der Waals surface area contributed by atoms with Gasteiger partial charge in [0.25, 0.3) is 0 Å². The smallest absolute Gasteiger partial charge is 0.0614 e. The van der Waals surface area contributed by atoms with Crippen molar-refractivity contribution >= 4 is 5.71 Å². The van der Waals surface area contributed by atoms with Crippen LogP contribution in [-0.2, 0) is 0 Å². The van der Waals surface area contributed by atoms with Crippen LogP contribution >= 0.6 is 0 Å². The van der Waals surface area contributed by atoms with Crippen molar-refractivity contribution in [2.24, 2.45) is 11.1 Å². The van der Waals surface area contributed by atoms with Crippen molar-refractivity contribution in [2.45, 2.75) is 25.7 Å². The van der Waals surface area contributed by atoms with E-state index in [0.717, 1.165) is 18.7 Å². The van der Waals surface area contributed by atoms with E-state index in [1.165, 1.54) is 19.3 Å². The molecule has 0 radical (unpaired) electrons. The van der Waals surface area contributed by atoms with E-state index >= 15 is 0 Å². The van der Waals surface area contributed by atoms with Gasteiger partial charge >= 0.3 is 0 Å². The lowest BCUT2D eigenvalue weighted by Gasteiger charge is -2.25. The molecule has 1 saturated carbocycles. The van der Waals surface area contributed by atoms with Gasteiger partial charge in [0.2, 0.25) is 0 Å². The second-order valence-electron chi connectivity index (χ2n) is 3.80. The van der Waals surface area contributed by atoms with Gasteiger partial charge in [-0.05, 0) is 33.4 Å². The quantitative estimate of drug-likeness (QED) is 0.504. The van der Waals surface area contributed by atoms with Crippen molar-refractivity contribution in [3.8, 4) is 0 Å². The van der Waals surface area contributed by atoms with Crippen molar-refractivity contribution in [3.05, 3.63) is 0 Å². The van der Waals surface area contributed by atoms with Crippen molar-refractivity contribution in [1.29, 1.82) is 0 Å². The summed E-state index contributed by atoms with van der Waals surface area (Å²) in [6.07, 6.45) is 4.62. The van der Waals surface area contributed by atoms with Gasteiger partial charge in [0, 0.05) is 12.5 Å². The number of hydrogen-bond donors (Lipinski definition) is 1. The van der Waals surface area contributed by atoms with Gasteiger partial charge in [-0.2, -0.15) is 0 Å². The Bertz CT molecular complexity index is 166. The molecule has 0 amide bonds. The molecule has 0 unspecified atom stereocenters. The van der Waals surface area contributed by atoms with Gasteiger partial charge < -0.3 is 10.1 Å². The van der Waals surface area contributed by atoms with Crippen LogP contribution in [0, 0.1) is 5.92 Å². The molecule has 3 heteroatoms. The topological polar surface area (TPSA) is 35.8 Å². The van der Waals surface area contributed by atoms with Crippen LogP contribution in [0.25, 0.3) is 0 Å². The molecule has 0 bridgehead atoms. The standard InChI is InChI=1S/C9H18N2O/c1-11(2)7-8-5-3-4-6-9(8)10-12/h8,12H,3-7H2,1-2H3/b10-9+/t8-/m1/s1. The minimum absolute atomic E-state index is 0.485. The Kier molecular flexibility index (Phi) is 3.53. The maximum atomic E-state index is 8.74. The largest absolute Gasteiger partial charge is 0.411 e. The van der Waals surface area contributed by atoms with Gasteiger partial charge in [0.05, 0.1) is 5.71 Å². The molecule has 0 heterocycles. The van der Waals surface area contributed by atoms with E-state index in [1.807, 2.05) is 0 Å². The fourth-order valence-corrected chi connectivity index (χ4v) is 1.84. The highest BCUT2D eigenvalue weighted by atomic mass is 16.4. The zero-order valence-electron chi connectivity index (χ0n) is 7.95. The SMILES string of the molecule is CN(C)C[C@H]1CCCC/C1=N\O. The minimum Gasteiger partial charge on any atom is -0.411 e. The van der Waals surface area contributed by atoms with Crippen LogP contribution in [-0.4, -0.2) is 36.5 Å². The molecule has 0 aromatic heterocycles. The third-order valence-electron chi connectivity index (χ3n) is 2.42. The van der Waals surface area contributed by atoms with Crippen molar-refractivity contribution in [1.82, 2.24) is 4.90 Å². The summed E-state index contributed by atoms with van der Waals surface area (Å²) >= 11 is 0. The van der Waals surface area contributed by atoms with E-state index in [1.54, 1.807) is 0 Å². The van der Waals surface area contributed by atoms with Gasteiger partial charge in [0.15, 0.2) is 0 Å². The molecule has 1 fully saturated rings. The van der Waals surface area contributed by atoms with Crippen LogP contribution in [0.2, 0.25) is 0 Å². The second kappa shape index (κ2) is 4.45. The summed E-state index contributed by atoms with van der Waals surface area (Å²) in [5.41, 5.74) is 0.995. The Hall–Kier alpha value is -0.570. The predicted octanol–water partition coefficient (Wildman–Crippen LogP) is 1.57. The molecule has 0 spiro atoms. The van der Waals surface area contributed by atoms with E-state index in [2.05, 4.69) is 24.2 Å². The zero-order valence-corrected chi connectivity index (χ0v) is 7.95. The van der Waals surface area contributed by atoms with Crippen molar-refractivity contribution in [2.75, 3.05) is 20.6 Å². The number of oxime groups is 1. The maximum Gasteiger partial charge on any atom is 0.0614 e. The Morgan fingerprint density at radius 2 is 2.25 bits per heavy atom. The lowest BCUT2D eigenvalue weighted by Crippen LogP contribution is -2.30. The molecular formula is C9H18N2O. The van der Waals surface area contributed by atoms with Gasteiger partial charge in [0.1, 0.15) is 0 Å². The summed E-state index contributed by atoms with van der Waals surface area (Å²) < 4.78 is 0. The molecule has 1 aliphatic carbocycles. The van der Waals surface area contributed by atoms with E-state index in [4.69, 9.17) is 5.21 Å². The maximum absolute atomic E-state index is 8.74.